The van der Waals surface area contributed by atoms with Crippen molar-refractivity contribution in [1.29, 1.82) is 0 Å². The van der Waals surface area contributed by atoms with E-state index in [0.29, 0.717) is 23.0 Å². The number of amides is 3. The number of benzene rings is 2. The Morgan fingerprint density at radius 2 is 1.62 bits per heavy atom. The third-order valence-corrected chi connectivity index (χ3v) is 6.99. The molecule has 2 aliphatic rings. The monoisotopic (exact) mass is 508 g/mol. The molecule has 9 heteroatoms. The molecule has 0 radical (unpaired) electrons. The SMILES string of the molecule is COC(=O)N1c2ccc(-c3ccc(C(=O)N4CC[C@@H](N(C)C)C4)cc3)cc2N(C(=O)OC(C)C)C[C@@H]1C. The number of likely N-dealkylation sites (N-methyl/N-ethyl adjacent to an activating group) is 1. The summed E-state index contributed by atoms with van der Waals surface area (Å²) in [4.78, 5) is 45.7. The number of rotatable bonds is 4. The van der Waals surface area contributed by atoms with E-state index in [0.717, 1.165) is 30.6 Å². The highest BCUT2D eigenvalue weighted by Crippen LogP contribution is 2.39. The first-order valence-electron chi connectivity index (χ1n) is 12.7. The van der Waals surface area contributed by atoms with Crippen molar-refractivity contribution >= 4 is 29.5 Å². The van der Waals surface area contributed by atoms with Crippen molar-refractivity contribution in [3.63, 3.8) is 0 Å². The molecule has 2 aromatic rings. The number of hydrogen-bond donors (Lipinski definition) is 0. The Labute approximate surface area is 218 Å². The van der Waals surface area contributed by atoms with Gasteiger partial charge in [-0.3, -0.25) is 14.6 Å². The number of likely N-dealkylation sites (tertiary alicyclic amines) is 1. The van der Waals surface area contributed by atoms with Gasteiger partial charge >= 0.3 is 12.2 Å². The number of fused-ring (bicyclic) bond motifs is 1. The van der Waals surface area contributed by atoms with Crippen molar-refractivity contribution in [2.45, 2.75) is 45.4 Å². The van der Waals surface area contributed by atoms with Crippen molar-refractivity contribution in [1.82, 2.24) is 9.80 Å². The molecule has 0 spiro atoms. The van der Waals surface area contributed by atoms with Crippen LogP contribution >= 0.6 is 0 Å². The Bertz CT molecular complexity index is 1160. The van der Waals surface area contributed by atoms with E-state index in [4.69, 9.17) is 9.47 Å². The number of methoxy groups -OCH3 is 1. The van der Waals surface area contributed by atoms with E-state index in [9.17, 15) is 14.4 Å². The van der Waals surface area contributed by atoms with Gasteiger partial charge in [-0.2, -0.15) is 0 Å². The lowest BCUT2D eigenvalue weighted by molar-refractivity contribution is 0.0783. The summed E-state index contributed by atoms with van der Waals surface area (Å²) in [5.74, 6) is 0.0339. The molecule has 2 atom stereocenters. The van der Waals surface area contributed by atoms with Crippen LogP contribution in [0.15, 0.2) is 42.5 Å². The van der Waals surface area contributed by atoms with Gasteiger partial charge in [-0.05, 0) is 76.7 Å². The van der Waals surface area contributed by atoms with E-state index in [1.54, 1.807) is 23.6 Å². The quantitative estimate of drug-likeness (QED) is 0.607. The second-order valence-corrected chi connectivity index (χ2v) is 10.2. The van der Waals surface area contributed by atoms with Crippen LogP contribution in [0.3, 0.4) is 0 Å². The molecule has 4 rings (SSSR count). The smallest absolute Gasteiger partial charge is 0.414 e. The minimum absolute atomic E-state index is 0.0339. The van der Waals surface area contributed by atoms with E-state index in [1.807, 2.05) is 68.4 Å². The molecule has 1 saturated heterocycles. The topological polar surface area (TPSA) is 82.6 Å². The fourth-order valence-corrected chi connectivity index (χ4v) is 4.95. The summed E-state index contributed by atoms with van der Waals surface area (Å²) < 4.78 is 10.5. The van der Waals surface area contributed by atoms with Crippen molar-refractivity contribution < 1.29 is 23.9 Å². The van der Waals surface area contributed by atoms with Gasteiger partial charge in [-0.1, -0.05) is 18.2 Å². The molecule has 0 N–H and O–H groups in total. The molecule has 198 valence electrons. The molecule has 2 aliphatic heterocycles. The Morgan fingerprint density at radius 1 is 0.946 bits per heavy atom. The van der Waals surface area contributed by atoms with Crippen LogP contribution in [0.5, 0.6) is 0 Å². The zero-order valence-corrected chi connectivity index (χ0v) is 22.4. The molecule has 1 fully saturated rings. The van der Waals surface area contributed by atoms with Gasteiger partial charge in [0.05, 0.1) is 37.2 Å². The highest BCUT2D eigenvalue weighted by molar-refractivity contribution is 6.02. The van der Waals surface area contributed by atoms with Crippen LogP contribution in [0, 0.1) is 0 Å². The first kappa shape index (κ1) is 26.5. The van der Waals surface area contributed by atoms with E-state index in [2.05, 4.69) is 4.90 Å². The van der Waals surface area contributed by atoms with Crippen molar-refractivity contribution in [3.05, 3.63) is 48.0 Å². The third-order valence-electron chi connectivity index (χ3n) is 6.99. The summed E-state index contributed by atoms with van der Waals surface area (Å²) in [6.45, 7) is 7.22. The number of carbonyl (C=O) groups excluding carboxylic acids is 3. The molecule has 0 saturated carbocycles. The highest BCUT2D eigenvalue weighted by atomic mass is 16.6. The van der Waals surface area contributed by atoms with E-state index in [1.165, 1.54) is 7.11 Å². The Balaban J connectivity index is 1.63. The molecule has 9 nitrogen and oxygen atoms in total. The molecule has 37 heavy (non-hydrogen) atoms. The molecular formula is C28H36N4O5. The van der Waals surface area contributed by atoms with E-state index < -0.39 is 12.2 Å². The zero-order chi connectivity index (χ0) is 26.9. The van der Waals surface area contributed by atoms with Gasteiger partial charge in [-0.25, -0.2) is 9.59 Å². The molecule has 2 heterocycles. The fourth-order valence-electron chi connectivity index (χ4n) is 4.95. The average molecular weight is 509 g/mol. The lowest BCUT2D eigenvalue weighted by atomic mass is 10.00. The lowest BCUT2D eigenvalue weighted by Gasteiger charge is -2.40. The van der Waals surface area contributed by atoms with Gasteiger partial charge in [0, 0.05) is 24.7 Å². The summed E-state index contributed by atoms with van der Waals surface area (Å²) >= 11 is 0. The van der Waals surface area contributed by atoms with Crippen molar-refractivity contribution in [2.24, 2.45) is 0 Å². The molecule has 0 aromatic heterocycles. The number of nitrogens with zero attached hydrogens (tertiary/aromatic N) is 4. The second kappa shape index (κ2) is 10.8. The van der Waals surface area contributed by atoms with Crippen LogP contribution in [0.4, 0.5) is 21.0 Å². The third kappa shape index (κ3) is 5.41. The maximum Gasteiger partial charge on any atom is 0.414 e. The van der Waals surface area contributed by atoms with Crippen molar-refractivity contribution in [2.75, 3.05) is 50.6 Å². The zero-order valence-electron chi connectivity index (χ0n) is 22.4. The standard InChI is InChI=1S/C28H36N4O5/c1-18(2)37-27(34)31-16-19(3)32(28(35)36-6)24-12-11-22(15-25(24)31)20-7-9-21(10-8-20)26(33)30-14-13-23(17-30)29(4)5/h7-12,15,18-19,23H,13-14,16-17H2,1-6H3/t19-,23+/m0/s1. The number of anilines is 2. The van der Waals surface area contributed by atoms with Gasteiger partial charge in [0.2, 0.25) is 0 Å². The fraction of sp³-hybridized carbons (Fsp3) is 0.464. The Kier molecular flexibility index (Phi) is 7.73. The first-order chi connectivity index (χ1) is 17.6. The molecule has 3 amide bonds. The Morgan fingerprint density at radius 3 is 2.22 bits per heavy atom. The maximum atomic E-state index is 13.0. The lowest BCUT2D eigenvalue weighted by Crippen LogP contribution is -2.52. The first-order valence-corrected chi connectivity index (χ1v) is 12.7. The summed E-state index contributed by atoms with van der Waals surface area (Å²) in [6, 6.07) is 13.2. The average Bonchev–Trinajstić information content (AvgIpc) is 3.37. The van der Waals surface area contributed by atoms with Gasteiger partial charge in [0.15, 0.2) is 0 Å². The van der Waals surface area contributed by atoms with Crippen LogP contribution < -0.4 is 9.80 Å². The van der Waals surface area contributed by atoms with Crippen molar-refractivity contribution in [3.8, 4) is 11.1 Å². The second-order valence-electron chi connectivity index (χ2n) is 10.2. The van der Waals surface area contributed by atoms with Gasteiger partial charge in [0.25, 0.3) is 5.91 Å². The number of ether oxygens (including phenoxy) is 2. The normalized spacial score (nSPS) is 19.3. The predicted octanol–water partition coefficient (Wildman–Crippen LogP) is 4.46. The number of hydrogen-bond acceptors (Lipinski definition) is 6. The van der Waals surface area contributed by atoms with E-state index in [-0.39, 0.29) is 24.6 Å². The van der Waals surface area contributed by atoms with Crippen LogP contribution in [-0.4, -0.2) is 86.9 Å². The summed E-state index contributed by atoms with van der Waals surface area (Å²) in [5, 5.41) is 0. The van der Waals surface area contributed by atoms with Gasteiger partial charge < -0.3 is 19.3 Å². The predicted molar refractivity (Wildman–Crippen MR) is 143 cm³/mol. The van der Waals surface area contributed by atoms with Crippen LogP contribution in [0.1, 0.15) is 37.6 Å². The van der Waals surface area contributed by atoms with Crippen LogP contribution in [0.25, 0.3) is 11.1 Å². The summed E-state index contributed by atoms with van der Waals surface area (Å²) in [5.41, 5.74) is 3.54. The molecule has 0 aliphatic carbocycles. The van der Waals surface area contributed by atoms with Crippen LogP contribution in [0.2, 0.25) is 0 Å². The minimum Gasteiger partial charge on any atom is -0.452 e. The van der Waals surface area contributed by atoms with Gasteiger partial charge in [0.1, 0.15) is 0 Å². The maximum absolute atomic E-state index is 13.0. The van der Waals surface area contributed by atoms with E-state index >= 15 is 0 Å². The van der Waals surface area contributed by atoms with Gasteiger partial charge in [-0.15, -0.1) is 0 Å². The number of carbonyl (C=O) groups is 3. The van der Waals surface area contributed by atoms with Crippen LogP contribution in [-0.2, 0) is 9.47 Å². The molecule has 0 bridgehead atoms. The minimum atomic E-state index is -0.486. The summed E-state index contributed by atoms with van der Waals surface area (Å²) in [6.07, 6.45) is -0.253. The Hall–Kier alpha value is -3.59. The highest BCUT2D eigenvalue weighted by Gasteiger charge is 2.36. The largest absolute Gasteiger partial charge is 0.452 e. The molecular weight excluding hydrogens is 472 g/mol. The molecule has 2 aromatic carbocycles. The molecule has 0 unspecified atom stereocenters. The summed E-state index contributed by atoms with van der Waals surface area (Å²) in [7, 11) is 5.43.